The third-order valence-corrected chi connectivity index (χ3v) is 6.54. The van der Waals surface area contributed by atoms with Crippen LogP contribution < -0.4 is 5.73 Å². The summed E-state index contributed by atoms with van der Waals surface area (Å²) < 4.78 is 11.7. The van der Waals surface area contributed by atoms with E-state index in [0.717, 1.165) is 32.1 Å². The van der Waals surface area contributed by atoms with E-state index in [-0.39, 0.29) is 0 Å². The van der Waals surface area contributed by atoms with Gasteiger partial charge in [-0.1, -0.05) is 39.0 Å². The highest BCUT2D eigenvalue weighted by Gasteiger charge is 2.30. The summed E-state index contributed by atoms with van der Waals surface area (Å²) in [5.41, 5.74) is 6.20. The third-order valence-electron chi connectivity index (χ3n) is 3.55. The zero-order valence-electron chi connectivity index (χ0n) is 13.5. The lowest BCUT2D eigenvalue weighted by molar-refractivity contribution is 0.187. The third kappa shape index (κ3) is 10.5. The van der Waals surface area contributed by atoms with Crippen molar-refractivity contribution in [1.82, 2.24) is 0 Å². The fourth-order valence-electron chi connectivity index (χ4n) is 2.40. The molecule has 1 atom stereocenters. The van der Waals surface area contributed by atoms with Gasteiger partial charge < -0.3 is 14.6 Å². The number of unbranched alkanes of at least 4 members (excludes halogenated alkanes) is 4. The van der Waals surface area contributed by atoms with Crippen LogP contribution in [0, 0.1) is 0 Å². The van der Waals surface area contributed by atoms with Gasteiger partial charge in [-0.15, -0.1) is 0 Å². The van der Waals surface area contributed by atoms with Crippen molar-refractivity contribution in [3.05, 3.63) is 0 Å². The Morgan fingerprint density at radius 3 is 2.00 bits per heavy atom. The average Bonchev–Trinajstić information content (AvgIpc) is 2.37. The van der Waals surface area contributed by atoms with E-state index in [1.807, 2.05) is 13.8 Å². The molecule has 0 aromatic heterocycles. The minimum absolute atomic E-state index is 0.314. The minimum Gasteiger partial charge on any atom is -0.395 e. The molecule has 0 aliphatic carbocycles. The topological polar surface area (TPSA) is 44.5 Å². The molecule has 0 aliphatic heterocycles. The van der Waals surface area contributed by atoms with E-state index in [9.17, 15) is 0 Å². The van der Waals surface area contributed by atoms with Crippen LogP contribution in [0.1, 0.15) is 65.7 Å². The van der Waals surface area contributed by atoms with Gasteiger partial charge in [-0.25, -0.2) is 0 Å². The molecule has 0 saturated carbocycles. The van der Waals surface area contributed by atoms with Crippen LogP contribution in [0.2, 0.25) is 12.6 Å². The Kier molecular flexibility index (Phi) is 11.9. The Morgan fingerprint density at radius 1 is 0.895 bits per heavy atom. The lowest BCUT2D eigenvalue weighted by Gasteiger charge is -2.27. The smallest absolute Gasteiger partial charge is 0.334 e. The van der Waals surface area contributed by atoms with Crippen molar-refractivity contribution < 1.29 is 8.85 Å². The molecule has 4 heteroatoms. The molecule has 0 bridgehead atoms. The first kappa shape index (κ1) is 19.1. The Bertz CT molecular complexity index is 197. The maximum absolute atomic E-state index is 6.20. The zero-order chi connectivity index (χ0) is 14.6. The maximum atomic E-state index is 6.20. The monoisotopic (exact) mass is 289 g/mol. The van der Waals surface area contributed by atoms with E-state index < -0.39 is 8.56 Å². The molecule has 0 saturated heterocycles. The standard InChI is InChI=1S/C15H35NO2Si/c1-5-8-9-10-11-12-15(16)13-14-19(4,17-6-2)18-7-3/h15H,5-14,16H2,1-4H3. The number of rotatable bonds is 13. The predicted octanol–water partition coefficient (Wildman–Crippen LogP) is 4.21. The quantitative estimate of drug-likeness (QED) is 0.408. The Morgan fingerprint density at radius 2 is 1.47 bits per heavy atom. The van der Waals surface area contributed by atoms with E-state index >= 15 is 0 Å². The molecule has 3 nitrogen and oxygen atoms in total. The van der Waals surface area contributed by atoms with Crippen LogP contribution in [-0.4, -0.2) is 27.8 Å². The van der Waals surface area contributed by atoms with Crippen molar-refractivity contribution in [1.29, 1.82) is 0 Å². The van der Waals surface area contributed by atoms with Crippen molar-refractivity contribution in [2.24, 2.45) is 5.73 Å². The van der Waals surface area contributed by atoms with Gasteiger partial charge in [0.1, 0.15) is 0 Å². The Hall–Kier alpha value is 0.0969. The van der Waals surface area contributed by atoms with Crippen molar-refractivity contribution in [3.8, 4) is 0 Å². The van der Waals surface area contributed by atoms with Gasteiger partial charge in [-0.2, -0.15) is 0 Å². The maximum Gasteiger partial charge on any atom is 0.334 e. The molecule has 2 N–H and O–H groups in total. The van der Waals surface area contributed by atoms with Gasteiger partial charge >= 0.3 is 8.56 Å². The molecule has 19 heavy (non-hydrogen) atoms. The first-order chi connectivity index (χ1) is 9.08. The number of nitrogens with two attached hydrogens (primary N) is 1. The molecule has 1 unspecified atom stereocenters. The summed E-state index contributed by atoms with van der Waals surface area (Å²) >= 11 is 0. The Balaban J connectivity index is 3.75. The van der Waals surface area contributed by atoms with Crippen LogP contribution in [-0.2, 0) is 8.85 Å². The fourth-order valence-corrected chi connectivity index (χ4v) is 4.89. The van der Waals surface area contributed by atoms with Crippen molar-refractivity contribution in [3.63, 3.8) is 0 Å². The first-order valence-electron chi connectivity index (χ1n) is 8.11. The molecule has 0 rings (SSSR count). The first-order valence-corrected chi connectivity index (χ1v) is 10.6. The molecule has 0 amide bonds. The highest BCUT2D eigenvalue weighted by molar-refractivity contribution is 6.66. The molecule has 0 radical (unpaired) electrons. The molecule has 0 aromatic carbocycles. The predicted molar refractivity (Wildman–Crippen MR) is 85.6 cm³/mol. The van der Waals surface area contributed by atoms with Gasteiger partial charge in [0, 0.05) is 19.3 Å². The molecular formula is C15H35NO2Si. The molecule has 0 fully saturated rings. The summed E-state index contributed by atoms with van der Waals surface area (Å²) in [7, 11) is -1.95. The molecule has 116 valence electrons. The van der Waals surface area contributed by atoms with Gasteiger partial charge in [0.2, 0.25) is 0 Å². The largest absolute Gasteiger partial charge is 0.395 e. The van der Waals surface area contributed by atoms with E-state index in [1.54, 1.807) is 0 Å². The number of hydrogen-bond acceptors (Lipinski definition) is 3. The van der Waals surface area contributed by atoms with Crippen LogP contribution in [0.3, 0.4) is 0 Å². The number of hydrogen-bond donors (Lipinski definition) is 1. The van der Waals surface area contributed by atoms with Crippen LogP contribution in [0.15, 0.2) is 0 Å². The minimum atomic E-state index is -1.95. The van der Waals surface area contributed by atoms with Gasteiger partial charge in [-0.05, 0) is 39.3 Å². The zero-order valence-corrected chi connectivity index (χ0v) is 14.5. The highest BCUT2D eigenvalue weighted by atomic mass is 28.4. The normalized spacial score (nSPS) is 13.7. The Labute approximate surface area is 121 Å². The van der Waals surface area contributed by atoms with Crippen molar-refractivity contribution in [2.45, 2.75) is 84.3 Å². The van der Waals surface area contributed by atoms with Crippen molar-refractivity contribution >= 4 is 8.56 Å². The summed E-state index contributed by atoms with van der Waals surface area (Å²) in [4.78, 5) is 0. The summed E-state index contributed by atoms with van der Waals surface area (Å²) in [6, 6.07) is 1.33. The lowest BCUT2D eigenvalue weighted by Crippen LogP contribution is -2.40. The van der Waals surface area contributed by atoms with Gasteiger partial charge in [0.25, 0.3) is 0 Å². The summed E-state index contributed by atoms with van der Waals surface area (Å²) in [5.74, 6) is 0. The summed E-state index contributed by atoms with van der Waals surface area (Å²) in [6.07, 6.45) is 8.79. The van der Waals surface area contributed by atoms with Crippen LogP contribution >= 0.6 is 0 Å². The summed E-state index contributed by atoms with van der Waals surface area (Å²) in [5, 5.41) is 0. The second-order valence-corrected chi connectivity index (χ2v) is 8.85. The SMILES string of the molecule is CCCCCCCC(N)CC[Si](C)(OCC)OCC. The van der Waals surface area contributed by atoms with Gasteiger partial charge in [-0.3, -0.25) is 0 Å². The summed E-state index contributed by atoms with van der Waals surface area (Å²) in [6.45, 7) is 9.98. The average molecular weight is 290 g/mol. The van der Waals surface area contributed by atoms with E-state index in [1.165, 1.54) is 32.1 Å². The van der Waals surface area contributed by atoms with Gasteiger partial charge in [0.15, 0.2) is 0 Å². The molecule has 0 heterocycles. The molecular weight excluding hydrogens is 254 g/mol. The van der Waals surface area contributed by atoms with Crippen molar-refractivity contribution in [2.75, 3.05) is 13.2 Å². The van der Waals surface area contributed by atoms with Crippen LogP contribution in [0.5, 0.6) is 0 Å². The van der Waals surface area contributed by atoms with E-state index in [2.05, 4.69) is 13.5 Å². The van der Waals surface area contributed by atoms with E-state index in [0.29, 0.717) is 6.04 Å². The molecule has 0 spiro atoms. The van der Waals surface area contributed by atoms with Gasteiger partial charge in [0.05, 0.1) is 0 Å². The fraction of sp³-hybridized carbons (Fsp3) is 1.00. The lowest BCUT2D eigenvalue weighted by atomic mass is 10.1. The molecule has 0 aliphatic rings. The second kappa shape index (κ2) is 11.9. The van der Waals surface area contributed by atoms with Crippen LogP contribution in [0.4, 0.5) is 0 Å². The second-order valence-electron chi connectivity index (χ2n) is 5.50. The highest BCUT2D eigenvalue weighted by Crippen LogP contribution is 2.18. The van der Waals surface area contributed by atoms with E-state index in [4.69, 9.17) is 14.6 Å². The van der Waals surface area contributed by atoms with Crippen LogP contribution in [0.25, 0.3) is 0 Å². The molecule has 0 aromatic rings.